The highest BCUT2D eigenvalue weighted by Crippen LogP contribution is 2.51. The van der Waals surface area contributed by atoms with Gasteiger partial charge in [0.2, 0.25) is 0 Å². The van der Waals surface area contributed by atoms with Crippen LogP contribution in [0, 0.1) is 11.2 Å². The van der Waals surface area contributed by atoms with Crippen LogP contribution in [0.4, 0.5) is 10.1 Å². The number of anilines is 1. The molecule has 124 valence electrons. The van der Waals surface area contributed by atoms with Crippen LogP contribution >= 0.6 is 0 Å². The average molecular weight is 317 g/mol. The van der Waals surface area contributed by atoms with Crippen molar-refractivity contribution in [3.63, 3.8) is 0 Å². The van der Waals surface area contributed by atoms with Crippen LogP contribution in [0.5, 0.6) is 0 Å². The van der Waals surface area contributed by atoms with Gasteiger partial charge in [-0.05, 0) is 54.4 Å². The van der Waals surface area contributed by atoms with Gasteiger partial charge < -0.3 is 16.5 Å². The predicted octanol–water partition coefficient (Wildman–Crippen LogP) is 3.82. The summed E-state index contributed by atoms with van der Waals surface area (Å²) in [5.41, 5.74) is 7.97. The first-order valence-electron chi connectivity index (χ1n) is 7.84. The van der Waals surface area contributed by atoms with Crippen LogP contribution in [0.1, 0.15) is 57.6 Å². The van der Waals surface area contributed by atoms with Gasteiger partial charge in [0.05, 0.1) is 5.57 Å². The number of amides is 1. The van der Waals surface area contributed by atoms with Gasteiger partial charge in [0, 0.05) is 17.6 Å². The molecule has 1 atom stereocenters. The van der Waals surface area contributed by atoms with E-state index in [-0.39, 0.29) is 28.4 Å². The zero-order valence-electron chi connectivity index (χ0n) is 14.1. The van der Waals surface area contributed by atoms with Crippen LogP contribution in [0.3, 0.4) is 0 Å². The quantitative estimate of drug-likeness (QED) is 0.583. The van der Waals surface area contributed by atoms with E-state index in [4.69, 9.17) is 11.1 Å². The lowest BCUT2D eigenvalue weighted by atomic mass is 9.85. The molecule has 0 radical (unpaired) electrons. The Kier molecular flexibility index (Phi) is 4.59. The molecule has 0 aliphatic heterocycles. The largest absolute Gasteiger partial charge is 0.402 e. The zero-order chi connectivity index (χ0) is 17.4. The number of nitrogens with two attached hydrogens (primary N) is 1. The highest BCUT2D eigenvalue weighted by molar-refractivity contribution is 6.17. The van der Waals surface area contributed by atoms with Crippen molar-refractivity contribution in [3.8, 4) is 0 Å². The Morgan fingerprint density at radius 2 is 2.17 bits per heavy atom. The zero-order valence-corrected chi connectivity index (χ0v) is 14.1. The lowest BCUT2D eigenvalue weighted by Gasteiger charge is -2.20. The summed E-state index contributed by atoms with van der Waals surface area (Å²) in [5, 5.41) is 10.1. The number of hydrogen-bond acceptors (Lipinski definition) is 3. The monoisotopic (exact) mass is 317 g/mol. The third-order valence-corrected chi connectivity index (χ3v) is 4.59. The standard InChI is InChI=1S/C18H24FN3O/c1-5-11-8-18(3,4)16-13(19)6-7-14(15(11)16)22-17(23)12(9-20)10(2)21/h6-7,9,11,20H,5,8,21H2,1-4H3,(H,22,23). The number of carbonyl (C=O) groups excluding carboxylic acids is 1. The summed E-state index contributed by atoms with van der Waals surface area (Å²) in [4.78, 5) is 12.3. The molecule has 0 saturated carbocycles. The number of hydrogen-bond donors (Lipinski definition) is 3. The predicted molar refractivity (Wildman–Crippen MR) is 91.4 cm³/mol. The van der Waals surface area contributed by atoms with Crippen LogP contribution in [-0.2, 0) is 10.2 Å². The van der Waals surface area contributed by atoms with Gasteiger partial charge in [0.1, 0.15) is 5.82 Å². The third kappa shape index (κ3) is 3.00. The molecule has 0 saturated heterocycles. The van der Waals surface area contributed by atoms with E-state index >= 15 is 0 Å². The van der Waals surface area contributed by atoms with Gasteiger partial charge in [-0.3, -0.25) is 4.79 Å². The number of carbonyl (C=O) groups is 1. The van der Waals surface area contributed by atoms with Crippen LogP contribution in [0.2, 0.25) is 0 Å². The summed E-state index contributed by atoms with van der Waals surface area (Å²) in [6.45, 7) is 7.71. The molecule has 1 aromatic carbocycles. The van der Waals surface area contributed by atoms with E-state index in [1.54, 1.807) is 13.0 Å². The maximum atomic E-state index is 14.4. The third-order valence-electron chi connectivity index (χ3n) is 4.59. The molecule has 2 rings (SSSR count). The minimum Gasteiger partial charge on any atom is -0.402 e. The van der Waals surface area contributed by atoms with E-state index in [2.05, 4.69) is 12.2 Å². The van der Waals surface area contributed by atoms with E-state index in [0.717, 1.165) is 24.6 Å². The lowest BCUT2D eigenvalue weighted by Crippen LogP contribution is -2.20. The molecular formula is C18H24FN3O. The summed E-state index contributed by atoms with van der Waals surface area (Å²) in [6.07, 6.45) is 2.67. The second kappa shape index (κ2) is 6.14. The molecule has 0 heterocycles. The Morgan fingerprint density at radius 3 is 2.70 bits per heavy atom. The Morgan fingerprint density at radius 1 is 1.52 bits per heavy atom. The van der Waals surface area contributed by atoms with Gasteiger partial charge in [-0.1, -0.05) is 20.8 Å². The summed E-state index contributed by atoms with van der Waals surface area (Å²) < 4.78 is 14.4. The minimum atomic E-state index is -0.437. The topological polar surface area (TPSA) is 79.0 Å². The number of rotatable bonds is 4. The molecule has 1 aromatic rings. The number of fused-ring (bicyclic) bond motifs is 1. The Hall–Kier alpha value is -2.17. The van der Waals surface area contributed by atoms with Crippen LogP contribution < -0.4 is 11.1 Å². The van der Waals surface area contributed by atoms with Crippen molar-refractivity contribution >= 4 is 17.8 Å². The second-order valence-corrected chi connectivity index (χ2v) is 6.77. The molecule has 1 unspecified atom stereocenters. The van der Waals surface area contributed by atoms with Gasteiger partial charge in [-0.2, -0.15) is 0 Å². The van der Waals surface area contributed by atoms with E-state index < -0.39 is 5.91 Å². The van der Waals surface area contributed by atoms with Crippen molar-refractivity contribution in [1.29, 1.82) is 5.41 Å². The Balaban J connectivity index is 2.51. The molecule has 1 amide bonds. The number of halogens is 1. The molecule has 23 heavy (non-hydrogen) atoms. The van der Waals surface area contributed by atoms with Crippen LogP contribution in [0.15, 0.2) is 23.4 Å². The maximum Gasteiger partial charge on any atom is 0.258 e. The molecule has 0 fully saturated rings. The molecular weight excluding hydrogens is 293 g/mol. The van der Waals surface area contributed by atoms with Crippen molar-refractivity contribution in [3.05, 3.63) is 40.3 Å². The van der Waals surface area contributed by atoms with Gasteiger partial charge in [-0.15, -0.1) is 0 Å². The summed E-state index contributed by atoms with van der Waals surface area (Å²) >= 11 is 0. The highest BCUT2D eigenvalue weighted by atomic mass is 19.1. The molecule has 4 nitrogen and oxygen atoms in total. The fourth-order valence-corrected chi connectivity index (χ4v) is 3.53. The summed E-state index contributed by atoms with van der Waals surface area (Å²) in [5.74, 6) is -0.456. The smallest absolute Gasteiger partial charge is 0.258 e. The molecule has 1 aliphatic carbocycles. The van der Waals surface area contributed by atoms with Crippen molar-refractivity contribution in [2.24, 2.45) is 5.73 Å². The average Bonchev–Trinajstić information content (AvgIpc) is 2.74. The van der Waals surface area contributed by atoms with E-state index in [0.29, 0.717) is 11.3 Å². The molecule has 5 heteroatoms. The SMILES string of the molecule is CCC1CC(C)(C)c2c(F)ccc(NC(=O)C(C=N)=C(C)N)c21. The van der Waals surface area contributed by atoms with Crippen LogP contribution in [0.25, 0.3) is 0 Å². The van der Waals surface area contributed by atoms with E-state index in [1.165, 1.54) is 6.07 Å². The normalized spacial score (nSPS) is 19.8. The minimum absolute atomic E-state index is 0.119. The number of benzene rings is 1. The fourth-order valence-electron chi connectivity index (χ4n) is 3.53. The van der Waals surface area contributed by atoms with Gasteiger partial charge >= 0.3 is 0 Å². The second-order valence-electron chi connectivity index (χ2n) is 6.77. The fraction of sp³-hybridized carbons (Fsp3) is 0.444. The van der Waals surface area contributed by atoms with Crippen molar-refractivity contribution < 1.29 is 9.18 Å². The van der Waals surface area contributed by atoms with E-state index in [9.17, 15) is 9.18 Å². The first kappa shape index (κ1) is 17.2. The number of nitrogens with one attached hydrogen (secondary N) is 2. The van der Waals surface area contributed by atoms with Crippen molar-refractivity contribution in [1.82, 2.24) is 0 Å². The van der Waals surface area contributed by atoms with Crippen LogP contribution in [-0.4, -0.2) is 12.1 Å². The van der Waals surface area contributed by atoms with Gasteiger partial charge in [0.15, 0.2) is 0 Å². The number of allylic oxidation sites excluding steroid dienone is 1. The van der Waals surface area contributed by atoms with E-state index in [1.807, 2.05) is 13.8 Å². The summed E-state index contributed by atoms with van der Waals surface area (Å²) in [6, 6.07) is 3.00. The maximum absolute atomic E-state index is 14.4. The van der Waals surface area contributed by atoms with Gasteiger partial charge in [0.25, 0.3) is 5.91 Å². The highest BCUT2D eigenvalue weighted by Gasteiger charge is 2.40. The van der Waals surface area contributed by atoms with Crippen molar-refractivity contribution in [2.75, 3.05) is 5.32 Å². The molecule has 0 spiro atoms. The summed E-state index contributed by atoms with van der Waals surface area (Å²) in [7, 11) is 0. The lowest BCUT2D eigenvalue weighted by molar-refractivity contribution is -0.112. The molecule has 0 bridgehead atoms. The first-order valence-corrected chi connectivity index (χ1v) is 7.84. The Labute approximate surface area is 136 Å². The molecule has 1 aliphatic rings. The Bertz CT molecular complexity index is 688. The molecule has 4 N–H and O–H groups in total. The first-order chi connectivity index (χ1) is 10.7. The van der Waals surface area contributed by atoms with Crippen molar-refractivity contribution in [2.45, 2.75) is 51.9 Å². The van der Waals surface area contributed by atoms with Gasteiger partial charge in [-0.25, -0.2) is 4.39 Å². The molecule has 0 aromatic heterocycles.